The van der Waals surface area contributed by atoms with Crippen LogP contribution in [0.2, 0.25) is 0 Å². The molecule has 4 aliphatic rings. The van der Waals surface area contributed by atoms with Gasteiger partial charge in [0.15, 0.2) is 0 Å². The molecule has 0 bridgehead atoms. The van der Waals surface area contributed by atoms with E-state index in [0.29, 0.717) is 16.7 Å². The first-order valence-electron chi connectivity index (χ1n) is 10.8. The van der Waals surface area contributed by atoms with Gasteiger partial charge in [-0.15, -0.1) is 0 Å². The minimum absolute atomic E-state index is 0.0864. The second-order valence-corrected chi connectivity index (χ2v) is 10.2. The summed E-state index contributed by atoms with van der Waals surface area (Å²) in [5.41, 5.74) is 2.18. The van der Waals surface area contributed by atoms with Crippen LogP contribution in [0.3, 0.4) is 0 Å². The standard InChI is InChI=1S/C23H36O3/c1-14(24)19-7-8-20-18-6-5-16-13-17(26-15(2)25)9-11-22(16,3)21(18)10-12-23(19,20)4/h5,14,17-21,24H,6-13H2,1-4H3/t14-,17+,18+,19-,20+,21+,22-,23+/m1/s1. The maximum absolute atomic E-state index is 11.4. The van der Waals surface area contributed by atoms with Crippen LogP contribution >= 0.6 is 0 Å². The number of rotatable bonds is 2. The van der Waals surface area contributed by atoms with E-state index in [1.165, 1.54) is 39.0 Å². The third kappa shape index (κ3) is 2.68. The Balaban J connectivity index is 1.58. The minimum atomic E-state index is -0.175. The molecule has 0 unspecified atom stereocenters. The number of allylic oxidation sites excluding steroid dienone is 1. The summed E-state index contributed by atoms with van der Waals surface area (Å²) < 4.78 is 5.54. The highest BCUT2D eigenvalue weighted by molar-refractivity contribution is 5.66. The lowest BCUT2D eigenvalue weighted by Crippen LogP contribution is -2.51. The Morgan fingerprint density at radius 3 is 2.65 bits per heavy atom. The van der Waals surface area contributed by atoms with E-state index in [1.807, 2.05) is 6.92 Å². The number of aliphatic hydroxyl groups is 1. The fourth-order valence-corrected chi connectivity index (χ4v) is 7.80. The van der Waals surface area contributed by atoms with Gasteiger partial charge in [0, 0.05) is 13.3 Å². The fourth-order valence-electron chi connectivity index (χ4n) is 7.80. The molecule has 0 saturated heterocycles. The van der Waals surface area contributed by atoms with E-state index in [1.54, 1.807) is 5.57 Å². The fraction of sp³-hybridized carbons (Fsp3) is 0.870. The van der Waals surface area contributed by atoms with Crippen molar-refractivity contribution in [3.8, 4) is 0 Å². The van der Waals surface area contributed by atoms with Crippen molar-refractivity contribution in [1.82, 2.24) is 0 Å². The molecule has 8 atom stereocenters. The Morgan fingerprint density at radius 2 is 1.96 bits per heavy atom. The Labute approximate surface area is 158 Å². The number of hydrogen-bond acceptors (Lipinski definition) is 3. The summed E-state index contributed by atoms with van der Waals surface area (Å²) in [5.74, 6) is 2.65. The van der Waals surface area contributed by atoms with Crippen LogP contribution in [-0.4, -0.2) is 23.3 Å². The van der Waals surface area contributed by atoms with Crippen molar-refractivity contribution in [2.75, 3.05) is 0 Å². The van der Waals surface area contributed by atoms with Gasteiger partial charge in [-0.05, 0) is 86.4 Å². The van der Waals surface area contributed by atoms with Gasteiger partial charge in [0.05, 0.1) is 6.10 Å². The van der Waals surface area contributed by atoms with Gasteiger partial charge in [-0.25, -0.2) is 0 Å². The van der Waals surface area contributed by atoms with Gasteiger partial charge in [-0.2, -0.15) is 0 Å². The molecule has 0 aromatic rings. The summed E-state index contributed by atoms with van der Waals surface area (Å²) in [7, 11) is 0. The van der Waals surface area contributed by atoms with E-state index < -0.39 is 0 Å². The maximum atomic E-state index is 11.4. The number of carbonyl (C=O) groups excluding carboxylic acids is 1. The van der Waals surface area contributed by atoms with Crippen LogP contribution in [0.25, 0.3) is 0 Å². The van der Waals surface area contributed by atoms with Crippen molar-refractivity contribution in [2.24, 2.45) is 34.5 Å². The molecule has 4 aliphatic carbocycles. The lowest BCUT2D eigenvalue weighted by molar-refractivity contribution is -0.148. The largest absolute Gasteiger partial charge is 0.462 e. The molecular weight excluding hydrogens is 324 g/mol. The number of carbonyl (C=O) groups is 1. The lowest BCUT2D eigenvalue weighted by Gasteiger charge is -2.58. The Morgan fingerprint density at radius 1 is 1.19 bits per heavy atom. The average Bonchev–Trinajstić information content (AvgIpc) is 2.92. The van der Waals surface area contributed by atoms with E-state index in [-0.39, 0.29) is 18.2 Å². The normalized spacial score (nSPS) is 48.7. The van der Waals surface area contributed by atoms with Crippen LogP contribution in [0.5, 0.6) is 0 Å². The van der Waals surface area contributed by atoms with E-state index in [9.17, 15) is 9.90 Å². The minimum Gasteiger partial charge on any atom is -0.462 e. The van der Waals surface area contributed by atoms with Gasteiger partial charge < -0.3 is 9.84 Å². The summed E-state index contributed by atoms with van der Waals surface area (Å²) >= 11 is 0. The molecule has 4 rings (SSSR count). The smallest absolute Gasteiger partial charge is 0.302 e. The number of fused-ring (bicyclic) bond motifs is 5. The Hall–Kier alpha value is -0.830. The molecule has 0 aromatic carbocycles. The number of ether oxygens (including phenoxy) is 1. The topological polar surface area (TPSA) is 46.5 Å². The summed E-state index contributed by atoms with van der Waals surface area (Å²) in [6.07, 6.45) is 11.8. The van der Waals surface area contributed by atoms with Crippen LogP contribution in [0.4, 0.5) is 0 Å². The van der Waals surface area contributed by atoms with Crippen molar-refractivity contribution in [1.29, 1.82) is 0 Å². The van der Waals surface area contributed by atoms with E-state index in [4.69, 9.17) is 4.74 Å². The molecule has 0 aliphatic heterocycles. The van der Waals surface area contributed by atoms with Gasteiger partial charge in [0.1, 0.15) is 6.10 Å². The third-order valence-corrected chi connectivity index (χ3v) is 9.05. The molecule has 3 saturated carbocycles. The molecule has 0 spiro atoms. The molecule has 3 fully saturated rings. The van der Waals surface area contributed by atoms with Gasteiger partial charge in [0.2, 0.25) is 0 Å². The molecule has 146 valence electrons. The monoisotopic (exact) mass is 360 g/mol. The van der Waals surface area contributed by atoms with Crippen LogP contribution in [0.15, 0.2) is 11.6 Å². The highest BCUT2D eigenvalue weighted by atomic mass is 16.5. The van der Waals surface area contributed by atoms with Crippen LogP contribution in [-0.2, 0) is 9.53 Å². The first-order chi connectivity index (χ1) is 12.3. The second kappa shape index (κ2) is 6.36. The Bertz CT molecular complexity index is 609. The highest BCUT2D eigenvalue weighted by Gasteiger charge is 2.59. The van der Waals surface area contributed by atoms with Crippen molar-refractivity contribution in [3.05, 3.63) is 11.6 Å². The van der Waals surface area contributed by atoms with Gasteiger partial charge in [-0.1, -0.05) is 25.5 Å². The molecule has 1 N–H and O–H groups in total. The average molecular weight is 361 g/mol. The molecular formula is C23H36O3. The third-order valence-electron chi connectivity index (χ3n) is 9.05. The summed E-state index contributed by atoms with van der Waals surface area (Å²) in [6, 6.07) is 0. The van der Waals surface area contributed by atoms with E-state index in [2.05, 4.69) is 19.9 Å². The lowest BCUT2D eigenvalue weighted by atomic mass is 9.47. The molecule has 3 nitrogen and oxygen atoms in total. The number of hydrogen-bond donors (Lipinski definition) is 1. The number of aliphatic hydroxyl groups excluding tert-OH is 1. The predicted molar refractivity (Wildman–Crippen MR) is 102 cm³/mol. The zero-order chi connectivity index (χ0) is 18.7. The Kier molecular flexibility index (Phi) is 4.53. The highest BCUT2D eigenvalue weighted by Crippen LogP contribution is 2.66. The summed E-state index contributed by atoms with van der Waals surface area (Å²) in [4.78, 5) is 11.4. The van der Waals surface area contributed by atoms with Crippen molar-refractivity contribution in [3.63, 3.8) is 0 Å². The van der Waals surface area contributed by atoms with Crippen LogP contribution in [0.1, 0.15) is 79.1 Å². The van der Waals surface area contributed by atoms with Crippen LogP contribution in [0, 0.1) is 34.5 Å². The molecule has 0 amide bonds. The molecule has 0 aromatic heterocycles. The first kappa shape index (κ1) is 18.5. The van der Waals surface area contributed by atoms with E-state index in [0.717, 1.165) is 37.0 Å². The number of esters is 1. The van der Waals surface area contributed by atoms with Gasteiger partial charge in [-0.3, -0.25) is 4.79 Å². The van der Waals surface area contributed by atoms with Crippen molar-refractivity contribution >= 4 is 5.97 Å². The zero-order valence-electron chi connectivity index (χ0n) is 17.0. The van der Waals surface area contributed by atoms with Gasteiger partial charge >= 0.3 is 5.97 Å². The summed E-state index contributed by atoms with van der Waals surface area (Å²) in [6.45, 7) is 8.49. The quantitative estimate of drug-likeness (QED) is 0.564. The zero-order valence-corrected chi connectivity index (χ0v) is 17.0. The van der Waals surface area contributed by atoms with Crippen molar-refractivity contribution < 1.29 is 14.6 Å². The van der Waals surface area contributed by atoms with Crippen molar-refractivity contribution in [2.45, 2.75) is 91.3 Å². The SMILES string of the molecule is CC(=O)O[C@H]1CC[C@]2(C)C(=CC[C@H]3[C@@H]4CC[C@H]([C@@H](C)O)[C@]4(C)CC[C@@H]32)C1. The molecule has 26 heavy (non-hydrogen) atoms. The second-order valence-electron chi connectivity index (χ2n) is 10.2. The van der Waals surface area contributed by atoms with Gasteiger partial charge in [0.25, 0.3) is 0 Å². The summed E-state index contributed by atoms with van der Waals surface area (Å²) in [5, 5.41) is 10.3. The maximum Gasteiger partial charge on any atom is 0.302 e. The first-order valence-corrected chi connectivity index (χ1v) is 10.8. The van der Waals surface area contributed by atoms with E-state index >= 15 is 0 Å². The van der Waals surface area contributed by atoms with Crippen LogP contribution < -0.4 is 0 Å². The molecule has 3 heteroatoms. The predicted octanol–water partition coefficient (Wildman–Crippen LogP) is 4.88. The molecule has 0 heterocycles. The molecule has 0 radical (unpaired) electrons.